The Labute approximate surface area is 117 Å². The van der Waals surface area contributed by atoms with Gasteiger partial charge in [-0.05, 0) is 37.5 Å². The van der Waals surface area contributed by atoms with E-state index in [4.69, 9.17) is 10.5 Å². The number of imidazole rings is 1. The fraction of sp³-hybridized carbons (Fsp3) is 0.533. The van der Waals surface area contributed by atoms with Gasteiger partial charge in [0.05, 0.1) is 29.3 Å². The molecule has 0 spiro atoms. The number of hydrogen-bond acceptors (Lipinski definition) is 3. The summed E-state index contributed by atoms with van der Waals surface area (Å²) < 4.78 is 9.16. The third-order valence-corrected chi connectivity index (χ3v) is 4.35. The fourth-order valence-corrected chi connectivity index (χ4v) is 3.04. The van der Waals surface area contributed by atoms with Crippen LogP contribution in [-0.4, -0.2) is 21.3 Å². The Morgan fingerprint density at radius 3 is 2.60 bits per heavy atom. The van der Waals surface area contributed by atoms with E-state index in [0.29, 0.717) is 0 Å². The first-order valence-corrected chi connectivity index (χ1v) is 7.05. The lowest BCUT2D eigenvalue weighted by atomic mass is 9.99. The molecule has 2 N–H and O–H groups in total. The van der Waals surface area contributed by atoms with Crippen LogP contribution in [0.4, 0.5) is 0 Å². The Morgan fingerprint density at radius 1 is 1.25 bits per heavy atom. The minimum absolute atomic E-state index is 0.0172. The highest BCUT2D eigenvalue weighted by Gasteiger charge is 2.28. The third-order valence-electron chi connectivity index (χ3n) is 4.35. The third kappa shape index (κ3) is 1.98. The smallest absolute Gasteiger partial charge is 0.328 e. The summed E-state index contributed by atoms with van der Waals surface area (Å²) >= 11 is 0. The summed E-state index contributed by atoms with van der Waals surface area (Å²) in [5.41, 5.74) is 9.18. The zero-order valence-electron chi connectivity index (χ0n) is 12.2. The molecule has 5 nitrogen and oxygen atoms in total. The van der Waals surface area contributed by atoms with Crippen LogP contribution in [0.3, 0.4) is 0 Å². The van der Waals surface area contributed by atoms with Gasteiger partial charge in [0, 0.05) is 14.1 Å². The van der Waals surface area contributed by atoms with Gasteiger partial charge in [0.2, 0.25) is 0 Å². The lowest BCUT2D eigenvalue weighted by Crippen LogP contribution is -2.26. The first-order valence-electron chi connectivity index (χ1n) is 7.05. The Kier molecular flexibility index (Phi) is 3.18. The van der Waals surface area contributed by atoms with E-state index in [1.807, 2.05) is 18.2 Å². The summed E-state index contributed by atoms with van der Waals surface area (Å²) in [6.45, 7) is 2.08. The number of nitrogens with zero attached hydrogens (tertiary/aromatic N) is 2. The summed E-state index contributed by atoms with van der Waals surface area (Å²) in [5.74, 6) is 0. The molecule has 0 bridgehead atoms. The lowest BCUT2D eigenvalue weighted by Gasteiger charge is -2.20. The highest BCUT2D eigenvalue weighted by molar-refractivity contribution is 5.77. The largest absolute Gasteiger partial charge is 0.373 e. The summed E-state index contributed by atoms with van der Waals surface area (Å²) in [4.78, 5) is 11.9. The van der Waals surface area contributed by atoms with Gasteiger partial charge >= 0.3 is 5.69 Å². The molecular formula is C15H21N3O2. The second-order valence-electron chi connectivity index (χ2n) is 5.74. The minimum atomic E-state index is -0.139. The number of aromatic nitrogens is 2. The molecule has 2 heterocycles. The number of nitrogens with two attached hydrogens (primary N) is 1. The van der Waals surface area contributed by atoms with Crippen LogP contribution in [-0.2, 0) is 18.8 Å². The normalized spacial score (nSPS) is 24.4. The van der Waals surface area contributed by atoms with Crippen molar-refractivity contribution in [1.29, 1.82) is 0 Å². The highest BCUT2D eigenvalue weighted by atomic mass is 16.5. The van der Waals surface area contributed by atoms with E-state index in [1.54, 1.807) is 23.2 Å². The van der Waals surface area contributed by atoms with E-state index in [0.717, 1.165) is 29.4 Å². The van der Waals surface area contributed by atoms with Crippen LogP contribution in [0.2, 0.25) is 0 Å². The van der Waals surface area contributed by atoms with Gasteiger partial charge in [-0.25, -0.2) is 4.79 Å². The molecule has 5 heteroatoms. The van der Waals surface area contributed by atoms with Gasteiger partial charge in [-0.1, -0.05) is 6.07 Å². The minimum Gasteiger partial charge on any atom is -0.373 e. The Bertz CT molecular complexity index is 701. The van der Waals surface area contributed by atoms with Gasteiger partial charge in [-0.2, -0.15) is 0 Å². The number of ether oxygens (including phenoxy) is 1. The van der Waals surface area contributed by atoms with Gasteiger partial charge < -0.3 is 10.5 Å². The number of fused-ring (bicyclic) bond motifs is 1. The van der Waals surface area contributed by atoms with Crippen molar-refractivity contribution < 1.29 is 4.74 Å². The maximum Gasteiger partial charge on any atom is 0.328 e. The molecule has 0 aliphatic carbocycles. The average molecular weight is 275 g/mol. The van der Waals surface area contributed by atoms with Crippen LogP contribution in [0, 0.1) is 0 Å². The standard InChI is InChI=1S/C15H21N3O2/c1-9-4-7-13(20-9)14(16)10-5-6-11-12(8-10)18(3)15(19)17(11)2/h5-6,8-9,13-14H,4,7,16H2,1-3H3. The highest BCUT2D eigenvalue weighted by Crippen LogP contribution is 2.29. The molecule has 3 rings (SSSR count). The Morgan fingerprint density at radius 2 is 1.95 bits per heavy atom. The van der Waals surface area contributed by atoms with E-state index in [1.165, 1.54) is 0 Å². The second-order valence-corrected chi connectivity index (χ2v) is 5.74. The number of hydrogen-bond donors (Lipinski definition) is 1. The number of rotatable bonds is 2. The first-order chi connectivity index (χ1) is 9.49. The molecule has 1 fully saturated rings. The summed E-state index contributed by atoms with van der Waals surface area (Å²) in [5, 5.41) is 0. The van der Waals surface area contributed by atoms with E-state index >= 15 is 0 Å². The van der Waals surface area contributed by atoms with Gasteiger partial charge in [0.25, 0.3) is 0 Å². The predicted molar refractivity (Wildman–Crippen MR) is 78.7 cm³/mol. The maximum absolute atomic E-state index is 11.9. The summed E-state index contributed by atoms with van der Waals surface area (Å²) in [7, 11) is 3.57. The molecule has 0 amide bonds. The summed E-state index contributed by atoms with van der Waals surface area (Å²) in [6.07, 6.45) is 2.41. The maximum atomic E-state index is 11.9. The van der Waals surface area contributed by atoms with Gasteiger partial charge in [0.15, 0.2) is 0 Å². The van der Waals surface area contributed by atoms with Crippen LogP contribution in [0.5, 0.6) is 0 Å². The van der Waals surface area contributed by atoms with Crippen LogP contribution >= 0.6 is 0 Å². The molecule has 1 aliphatic rings. The van der Waals surface area contributed by atoms with Crippen molar-refractivity contribution in [3.05, 3.63) is 34.2 Å². The van der Waals surface area contributed by atoms with E-state index in [-0.39, 0.29) is 23.9 Å². The number of aryl methyl sites for hydroxylation is 2. The molecule has 0 radical (unpaired) electrons. The van der Waals surface area contributed by atoms with Gasteiger partial charge in [-0.15, -0.1) is 0 Å². The van der Waals surface area contributed by atoms with E-state index in [2.05, 4.69) is 6.92 Å². The van der Waals surface area contributed by atoms with Crippen LogP contribution < -0.4 is 11.4 Å². The molecule has 3 unspecified atom stereocenters. The molecule has 2 aromatic rings. The molecule has 108 valence electrons. The van der Waals surface area contributed by atoms with Gasteiger partial charge in [-0.3, -0.25) is 9.13 Å². The molecule has 1 aliphatic heterocycles. The Hall–Kier alpha value is -1.59. The molecular weight excluding hydrogens is 254 g/mol. The number of benzene rings is 1. The van der Waals surface area contributed by atoms with Crippen molar-refractivity contribution in [2.45, 2.75) is 38.0 Å². The Balaban J connectivity index is 2.01. The lowest BCUT2D eigenvalue weighted by molar-refractivity contribution is 0.0401. The van der Waals surface area contributed by atoms with Crippen molar-refractivity contribution in [2.24, 2.45) is 19.8 Å². The molecule has 20 heavy (non-hydrogen) atoms. The van der Waals surface area contributed by atoms with Crippen LogP contribution in [0.1, 0.15) is 31.4 Å². The van der Waals surface area contributed by atoms with Crippen molar-refractivity contribution in [2.75, 3.05) is 0 Å². The van der Waals surface area contributed by atoms with Crippen molar-refractivity contribution in [3.63, 3.8) is 0 Å². The zero-order valence-corrected chi connectivity index (χ0v) is 12.2. The van der Waals surface area contributed by atoms with Crippen LogP contribution in [0.15, 0.2) is 23.0 Å². The molecule has 1 aromatic carbocycles. The monoisotopic (exact) mass is 275 g/mol. The molecule has 1 saturated heterocycles. The second kappa shape index (κ2) is 4.75. The summed E-state index contributed by atoms with van der Waals surface area (Å²) in [6, 6.07) is 5.83. The van der Waals surface area contributed by atoms with Crippen molar-refractivity contribution >= 4 is 11.0 Å². The molecule has 3 atom stereocenters. The topological polar surface area (TPSA) is 62.2 Å². The van der Waals surface area contributed by atoms with Crippen molar-refractivity contribution in [3.8, 4) is 0 Å². The van der Waals surface area contributed by atoms with E-state index < -0.39 is 0 Å². The van der Waals surface area contributed by atoms with Crippen LogP contribution in [0.25, 0.3) is 11.0 Å². The quantitative estimate of drug-likeness (QED) is 0.902. The zero-order chi connectivity index (χ0) is 14.4. The van der Waals surface area contributed by atoms with E-state index in [9.17, 15) is 4.79 Å². The van der Waals surface area contributed by atoms with Gasteiger partial charge in [0.1, 0.15) is 0 Å². The van der Waals surface area contributed by atoms with Crippen molar-refractivity contribution in [1.82, 2.24) is 9.13 Å². The fourth-order valence-electron chi connectivity index (χ4n) is 3.04. The molecule has 0 saturated carbocycles. The SMILES string of the molecule is CC1CCC(C(N)c2ccc3c(c2)n(C)c(=O)n3C)O1. The molecule has 1 aromatic heterocycles. The average Bonchev–Trinajstić information content (AvgIpc) is 2.97. The predicted octanol–water partition coefficient (Wildman–Crippen LogP) is 1.44. The first kappa shape index (κ1) is 13.4.